The van der Waals surface area contributed by atoms with Gasteiger partial charge in [0.2, 0.25) is 0 Å². The quantitative estimate of drug-likeness (QED) is 0.696. The molecule has 0 spiro atoms. The van der Waals surface area contributed by atoms with Gasteiger partial charge in [-0.2, -0.15) is 13.2 Å². The molecule has 0 saturated heterocycles. The van der Waals surface area contributed by atoms with E-state index in [-0.39, 0.29) is 6.04 Å². The highest BCUT2D eigenvalue weighted by molar-refractivity contribution is 5.72. The van der Waals surface area contributed by atoms with Crippen LogP contribution in [-0.4, -0.2) is 12.6 Å². The van der Waals surface area contributed by atoms with Crippen molar-refractivity contribution >= 4 is 11.4 Å². The minimum atomic E-state index is -4.28. The summed E-state index contributed by atoms with van der Waals surface area (Å²) in [5, 5.41) is 6.07. The number of hydrogen-bond donors (Lipinski definition) is 2. The number of alkyl halides is 3. The normalized spacial score (nSPS) is 20.1. The minimum Gasteiger partial charge on any atom is -0.381 e. The number of halogens is 3. The molecule has 2 rings (SSSR count). The summed E-state index contributed by atoms with van der Waals surface area (Å²) >= 11 is 0. The van der Waals surface area contributed by atoms with Crippen molar-refractivity contribution in [3.8, 4) is 0 Å². The van der Waals surface area contributed by atoms with E-state index in [1.807, 2.05) is 6.92 Å². The Balaban J connectivity index is 2.35. The maximum absolute atomic E-state index is 12.4. The number of rotatable bonds is 0. The van der Waals surface area contributed by atoms with E-state index < -0.39 is 11.7 Å². The SMILES string of the molecule is CC1CNc2cc(C(F)(F)F)ccc2N1. The Morgan fingerprint density at radius 1 is 1.27 bits per heavy atom. The van der Waals surface area contributed by atoms with Crippen molar-refractivity contribution in [3.05, 3.63) is 23.8 Å². The van der Waals surface area contributed by atoms with Crippen LogP contribution in [0.15, 0.2) is 18.2 Å². The Hall–Kier alpha value is -1.39. The minimum absolute atomic E-state index is 0.231. The average molecular weight is 216 g/mol. The molecule has 1 aliphatic rings. The van der Waals surface area contributed by atoms with Crippen molar-refractivity contribution in [2.24, 2.45) is 0 Å². The molecular formula is C10H11F3N2. The zero-order valence-corrected chi connectivity index (χ0v) is 8.15. The van der Waals surface area contributed by atoms with E-state index in [4.69, 9.17) is 0 Å². The van der Waals surface area contributed by atoms with Gasteiger partial charge in [-0.15, -0.1) is 0 Å². The van der Waals surface area contributed by atoms with Crippen LogP contribution in [0.3, 0.4) is 0 Å². The fraction of sp³-hybridized carbons (Fsp3) is 0.400. The van der Waals surface area contributed by atoms with Gasteiger partial charge in [0.1, 0.15) is 0 Å². The first kappa shape index (κ1) is 10.1. The molecule has 0 amide bonds. The highest BCUT2D eigenvalue weighted by Gasteiger charge is 2.31. The van der Waals surface area contributed by atoms with Crippen LogP contribution in [-0.2, 0) is 6.18 Å². The lowest BCUT2D eigenvalue weighted by atomic mass is 10.1. The van der Waals surface area contributed by atoms with Crippen molar-refractivity contribution in [1.82, 2.24) is 0 Å². The van der Waals surface area contributed by atoms with E-state index in [1.165, 1.54) is 6.07 Å². The first-order chi connectivity index (χ1) is 6.97. The highest BCUT2D eigenvalue weighted by atomic mass is 19.4. The van der Waals surface area contributed by atoms with E-state index in [2.05, 4.69) is 10.6 Å². The summed E-state index contributed by atoms with van der Waals surface area (Å²) in [4.78, 5) is 0. The van der Waals surface area contributed by atoms with Gasteiger partial charge in [0.05, 0.1) is 16.9 Å². The Labute approximate surface area is 85.5 Å². The largest absolute Gasteiger partial charge is 0.416 e. The van der Waals surface area contributed by atoms with E-state index in [0.717, 1.165) is 17.8 Å². The van der Waals surface area contributed by atoms with Crippen LogP contribution in [0.1, 0.15) is 12.5 Å². The predicted octanol–water partition coefficient (Wildman–Crippen LogP) is 2.93. The zero-order chi connectivity index (χ0) is 11.1. The van der Waals surface area contributed by atoms with Gasteiger partial charge in [-0.05, 0) is 25.1 Å². The van der Waals surface area contributed by atoms with Gasteiger partial charge < -0.3 is 10.6 Å². The molecule has 0 aliphatic carbocycles. The molecule has 0 aromatic heterocycles. The van der Waals surface area contributed by atoms with Crippen LogP contribution in [0.4, 0.5) is 24.5 Å². The molecule has 1 aromatic rings. The second kappa shape index (κ2) is 3.32. The lowest BCUT2D eigenvalue weighted by Gasteiger charge is -2.26. The molecule has 0 bridgehead atoms. The third-order valence-corrected chi connectivity index (χ3v) is 2.35. The monoisotopic (exact) mass is 216 g/mol. The topological polar surface area (TPSA) is 24.1 Å². The van der Waals surface area contributed by atoms with Crippen LogP contribution < -0.4 is 10.6 Å². The fourth-order valence-electron chi connectivity index (χ4n) is 1.57. The van der Waals surface area contributed by atoms with Crippen molar-refractivity contribution < 1.29 is 13.2 Å². The molecule has 15 heavy (non-hydrogen) atoms. The van der Waals surface area contributed by atoms with Gasteiger partial charge in [-0.25, -0.2) is 0 Å². The molecule has 0 saturated carbocycles. The van der Waals surface area contributed by atoms with Gasteiger partial charge in [0, 0.05) is 12.6 Å². The third kappa shape index (κ3) is 2.00. The number of fused-ring (bicyclic) bond motifs is 1. The predicted molar refractivity (Wildman–Crippen MR) is 53.0 cm³/mol. The van der Waals surface area contributed by atoms with Gasteiger partial charge in [0.15, 0.2) is 0 Å². The Morgan fingerprint density at radius 3 is 2.67 bits per heavy atom. The van der Waals surface area contributed by atoms with E-state index in [9.17, 15) is 13.2 Å². The third-order valence-electron chi connectivity index (χ3n) is 2.35. The molecule has 0 radical (unpaired) electrons. The summed E-state index contributed by atoms with van der Waals surface area (Å²) in [6.07, 6.45) is -4.28. The number of nitrogens with one attached hydrogen (secondary N) is 2. The van der Waals surface area contributed by atoms with Crippen molar-refractivity contribution in [2.75, 3.05) is 17.2 Å². The smallest absolute Gasteiger partial charge is 0.381 e. The van der Waals surface area contributed by atoms with Crippen molar-refractivity contribution in [3.63, 3.8) is 0 Å². The first-order valence-electron chi connectivity index (χ1n) is 4.68. The summed E-state index contributed by atoms with van der Waals surface area (Å²) < 4.78 is 37.2. The molecular weight excluding hydrogens is 205 g/mol. The molecule has 2 nitrogen and oxygen atoms in total. The van der Waals surface area contributed by atoms with E-state index in [1.54, 1.807) is 0 Å². The second-order valence-corrected chi connectivity index (χ2v) is 3.68. The summed E-state index contributed by atoms with van der Waals surface area (Å²) in [6.45, 7) is 2.60. The van der Waals surface area contributed by atoms with Crippen LogP contribution in [0.5, 0.6) is 0 Å². The molecule has 5 heteroatoms. The number of benzene rings is 1. The first-order valence-corrected chi connectivity index (χ1v) is 4.68. The zero-order valence-electron chi connectivity index (χ0n) is 8.15. The summed E-state index contributed by atoms with van der Waals surface area (Å²) in [5.41, 5.74) is 0.620. The maximum Gasteiger partial charge on any atom is 0.416 e. The van der Waals surface area contributed by atoms with Crippen LogP contribution in [0.2, 0.25) is 0 Å². The summed E-state index contributed by atoms with van der Waals surface area (Å²) in [5.74, 6) is 0. The van der Waals surface area contributed by atoms with Crippen molar-refractivity contribution in [2.45, 2.75) is 19.1 Å². The summed E-state index contributed by atoms with van der Waals surface area (Å²) in [7, 11) is 0. The molecule has 82 valence electrons. The van der Waals surface area contributed by atoms with Gasteiger partial charge in [-0.3, -0.25) is 0 Å². The number of anilines is 2. The van der Waals surface area contributed by atoms with Gasteiger partial charge in [0.25, 0.3) is 0 Å². The lowest BCUT2D eigenvalue weighted by Crippen LogP contribution is -2.30. The van der Waals surface area contributed by atoms with Gasteiger partial charge in [-0.1, -0.05) is 0 Å². The molecule has 1 aromatic carbocycles. The molecule has 1 unspecified atom stereocenters. The van der Waals surface area contributed by atoms with Crippen LogP contribution >= 0.6 is 0 Å². The molecule has 1 heterocycles. The van der Waals surface area contributed by atoms with Crippen LogP contribution in [0.25, 0.3) is 0 Å². The van der Waals surface area contributed by atoms with E-state index in [0.29, 0.717) is 12.2 Å². The molecule has 1 aliphatic heterocycles. The Bertz CT molecular complexity index is 373. The fourth-order valence-corrected chi connectivity index (χ4v) is 1.57. The Kier molecular flexibility index (Phi) is 2.25. The van der Waals surface area contributed by atoms with Crippen molar-refractivity contribution in [1.29, 1.82) is 0 Å². The standard InChI is InChI=1S/C10H11F3N2/c1-6-5-14-9-4-7(10(11,12)13)2-3-8(9)15-6/h2-4,6,14-15H,5H2,1H3. The number of hydrogen-bond acceptors (Lipinski definition) is 2. The summed E-state index contributed by atoms with van der Waals surface area (Å²) in [6, 6.07) is 3.91. The van der Waals surface area contributed by atoms with E-state index >= 15 is 0 Å². The molecule has 1 atom stereocenters. The van der Waals surface area contributed by atoms with Gasteiger partial charge >= 0.3 is 6.18 Å². The molecule has 2 N–H and O–H groups in total. The second-order valence-electron chi connectivity index (χ2n) is 3.68. The highest BCUT2D eigenvalue weighted by Crippen LogP contribution is 2.35. The molecule has 0 fully saturated rings. The van der Waals surface area contributed by atoms with Crippen LogP contribution in [0, 0.1) is 0 Å². The lowest BCUT2D eigenvalue weighted by molar-refractivity contribution is -0.137. The average Bonchev–Trinajstić information content (AvgIpc) is 2.15. The maximum atomic E-state index is 12.4. The Morgan fingerprint density at radius 2 is 2.00 bits per heavy atom.